The average Bonchev–Trinajstić information content (AvgIpc) is 3.32. The molecule has 0 radical (unpaired) electrons. The molecular weight excluding hydrogens is 504 g/mol. The first-order chi connectivity index (χ1) is 19.3. The summed E-state index contributed by atoms with van der Waals surface area (Å²) in [6.45, 7) is 13.8. The lowest BCUT2D eigenvalue weighted by Crippen LogP contribution is -2.35. The third-order valence-electron chi connectivity index (χ3n) is 7.66. The summed E-state index contributed by atoms with van der Waals surface area (Å²) in [5, 5.41) is 11.0. The molecule has 0 atom stereocenters. The molecule has 0 bridgehead atoms. The van der Waals surface area contributed by atoms with E-state index in [2.05, 4.69) is 37.6 Å². The zero-order valence-electron chi connectivity index (χ0n) is 24.9. The molecule has 1 N–H and O–H groups in total. The van der Waals surface area contributed by atoms with Gasteiger partial charge in [0, 0.05) is 25.2 Å². The van der Waals surface area contributed by atoms with E-state index < -0.39 is 0 Å². The van der Waals surface area contributed by atoms with E-state index in [1.54, 1.807) is 7.11 Å². The van der Waals surface area contributed by atoms with Crippen LogP contribution >= 0.6 is 0 Å². The predicted molar refractivity (Wildman–Crippen MR) is 159 cm³/mol. The quantitative estimate of drug-likeness (QED) is 0.295. The van der Waals surface area contributed by atoms with Crippen molar-refractivity contribution in [3.8, 4) is 23.0 Å². The first kappa shape index (κ1) is 29.8. The second kappa shape index (κ2) is 13.9. The molecule has 218 valence electrons. The van der Waals surface area contributed by atoms with Crippen LogP contribution in [0.1, 0.15) is 76.8 Å². The van der Waals surface area contributed by atoms with Crippen molar-refractivity contribution in [1.82, 2.24) is 29.3 Å². The van der Waals surface area contributed by atoms with Gasteiger partial charge in [0.2, 0.25) is 11.7 Å². The van der Waals surface area contributed by atoms with Crippen molar-refractivity contribution in [3.05, 3.63) is 30.1 Å². The number of piperidine rings is 1. The van der Waals surface area contributed by atoms with Gasteiger partial charge in [-0.25, -0.2) is 9.97 Å². The molecule has 0 spiro atoms. The van der Waals surface area contributed by atoms with E-state index in [1.807, 2.05) is 33.7 Å². The lowest BCUT2D eigenvalue weighted by atomic mass is 10.1. The highest BCUT2D eigenvalue weighted by molar-refractivity contribution is 5.93. The van der Waals surface area contributed by atoms with Gasteiger partial charge in [0.1, 0.15) is 11.6 Å². The van der Waals surface area contributed by atoms with Crippen LogP contribution in [0.2, 0.25) is 0 Å². The summed E-state index contributed by atoms with van der Waals surface area (Å²) in [5.41, 5.74) is 1.70. The molecular formula is C31H46N6O3. The second-order valence-electron chi connectivity index (χ2n) is 11.8. The summed E-state index contributed by atoms with van der Waals surface area (Å²) in [6, 6.07) is 7.71. The minimum absolute atomic E-state index is 0.0240. The SMILES string of the molecule is COc1ccc(-c2nc3c(O)nc(C(=O)N(CCC(C)C)CCC(C)C)nc3n2CCCN2CCCCC2)cc1. The van der Waals surface area contributed by atoms with Crippen molar-refractivity contribution in [3.63, 3.8) is 0 Å². The number of fused-ring (bicyclic) bond motifs is 1. The third kappa shape index (κ3) is 7.50. The lowest BCUT2D eigenvalue weighted by molar-refractivity contribution is 0.0727. The molecule has 9 nitrogen and oxygen atoms in total. The Kier molecular flexibility index (Phi) is 10.4. The van der Waals surface area contributed by atoms with Crippen molar-refractivity contribution < 1.29 is 14.6 Å². The third-order valence-corrected chi connectivity index (χ3v) is 7.66. The van der Waals surface area contributed by atoms with Crippen LogP contribution in [-0.2, 0) is 6.54 Å². The van der Waals surface area contributed by atoms with Gasteiger partial charge >= 0.3 is 0 Å². The number of carbonyl (C=O) groups excluding carboxylic acids is 1. The zero-order chi connectivity index (χ0) is 28.6. The maximum atomic E-state index is 13.7. The number of hydrogen-bond donors (Lipinski definition) is 1. The highest BCUT2D eigenvalue weighted by atomic mass is 16.5. The number of likely N-dealkylation sites (tertiary alicyclic amines) is 1. The van der Waals surface area contributed by atoms with Crippen molar-refractivity contribution in [1.29, 1.82) is 0 Å². The molecule has 9 heteroatoms. The summed E-state index contributed by atoms with van der Waals surface area (Å²) >= 11 is 0. The number of nitrogens with zero attached hydrogens (tertiary/aromatic N) is 6. The summed E-state index contributed by atoms with van der Waals surface area (Å²) in [5.74, 6) is 1.92. The minimum atomic E-state index is -0.259. The highest BCUT2D eigenvalue weighted by Crippen LogP contribution is 2.30. The van der Waals surface area contributed by atoms with Gasteiger partial charge in [0.15, 0.2) is 11.2 Å². The number of ether oxygens (including phenoxy) is 1. The first-order valence-corrected chi connectivity index (χ1v) is 14.9. The van der Waals surface area contributed by atoms with Gasteiger partial charge in [-0.1, -0.05) is 34.1 Å². The molecule has 40 heavy (non-hydrogen) atoms. The van der Waals surface area contributed by atoms with Crippen LogP contribution in [0.4, 0.5) is 0 Å². The Bertz CT molecular complexity index is 1240. The molecule has 0 unspecified atom stereocenters. The summed E-state index contributed by atoms with van der Waals surface area (Å²) in [7, 11) is 1.64. The molecule has 1 aliphatic heterocycles. The van der Waals surface area contributed by atoms with Crippen LogP contribution in [-0.4, -0.2) is 80.2 Å². The van der Waals surface area contributed by atoms with Crippen LogP contribution in [0.3, 0.4) is 0 Å². The maximum absolute atomic E-state index is 13.7. The average molecular weight is 551 g/mol. The molecule has 1 fully saturated rings. The van der Waals surface area contributed by atoms with Gasteiger partial charge in [0.25, 0.3) is 5.91 Å². The van der Waals surface area contributed by atoms with E-state index in [0.29, 0.717) is 48.5 Å². The molecule has 3 heterocycles. The fourth-order valence-corrected chi connectivity index (χ4v) is 5.17. The number of hydrogen-bond acceptors (Lipinski definition) is 7. The van der Waals surface area contributed by atoms with Gasteiger partial charge in [-0.15, -0.1) is 0 Å². The predicted octanol–water partition coefficient (Wildman–Crippen LogP) is 5.62. The van der Waals surface area contributed by atoms with E-state index >= 15 is 0 Å². The van der Waals surface area contributed by atoms with Gasteiger partial charge in [-0.3, -0.25) is 4.79 Å². The monoisotopic (exact) mass is 550 g/mol. The smallest absolute Gasteiger partial charge is 0.291 e. The Balaban J connectivity index is 1.69. The Hall–Kier alpha value is -3.20. The molecule has 0 saturated carbocycles. The van der Waals surface area contributed by atoms with Gasteiger partial charge in [-0.05, 0) is 87.8 Å². The fraction of sp³-hybridized carbons (Fsp3) is 0.613. The Morgan fingerprint density at radius 1 is 0.950 bits per heavy atom. The Morgan fingerprint density at radius 2 is 1.60 bits per heavy atom. The summed E-state index contributed by atoms with van der Waals surface area (Å²) in [4.78, 5) is 31.8. The van der Waals surface area contributed by atoms with Gasteiger partial charge in [-0.2, -0.15) is 4.98 Å². The molecule has 2 aromatic heterocycles. The molecule has 3 aromatic rings. The Labute approximate surface area is 238 Å². The van der Waals surface area contributed by atoms with Gasteiger partial charge < -0.3 is 24.2 Å². The standard InChI is InChI=1S/C31H46N6O3/c1-22(2)14-20-36(21-15-23(3)4)31(39)27-33-29-26(30(38)34-27)32-28(24-10-12-25(40-5)13-11-24)37(29)19-9-18-35-16-7-6-8-17-35/h10-13,22-23H,6-9,14-21H2,1-5H3,(H,33,34,38). The number of carbonyl (C=O) groups is 1. The van der Waals surface area contributed by atoms with Crippen LogP contribution in [0.25, 0.3) is 22.6 Å². The maximum Gasteiger partial charge on any atom is 0.291 e. The molecule has 1 aromatic carbocycles. The van der Waals surface area contributed by atoms with E-state index in [4.69, 9.17) is 14.7 Å². The summed E-state index contributed by atoms with van der Waals surface area (Å²) < 4.78 is 7.38. The number of rotatable bonds is 13. The van der Waals surface area contributed by atoms with Crippen molar-refractivity contribution in [2.45, 2.75) is 72.8 Å². The largest absolute Gasteiger partial charge is 0.497 e. The molecule has 1 aliphatic rings. The van der Waals surface area contributed by atoms with E-state index in [1.165, 1.54) is 19.3 Å². The van der Waals surface area contributed by atoms with Crippen LogP contribution in [0.15, 0.2) is 24.3 Å². The molecule has 4 rings (SSSR count). The number of aryl methyl sites for hydroxylation is 1. The van der Waals surface area contributed by atoms with Crippen molar-refractivity contribution >= 4 is 17.1 Å². The van der Waals surface area contributed by atoms with Crippen LogP contribution < -0.4 is 4.74 Å². The van der Waals surface area contributed by atoms with E-state index in [9.17, 15) is 9.90 Å². The van der Waals surface area contributed by atoms with Crippen LogP contribution in [0, 0.1) is 11.8 Å². The highest BCUT2D eigenvalue weighted by Gasteiger charge is 2.25. The molecule has 1 amide bonds. The lowest BCUT2D eigenvalue weighted by Gasteiger charge is -2.26. The first-order valence-electron chi connectivity index (χ1n) is 14.9. The minimum Gasteiger partial charge on any atom is -0.497 e. The summed E-state index contributed by atoms with van der Waals surface area (Å²) in [6.07, 6.45) is 6.52. The number of benzene rings is 1. The molecule has 0 aliphatic carbocycles. The number of methoxy groups -OCH3 is 1. The number of imidazole rings is 1. The fourth-order valence-electron chi connectivity index (χ4n) is 5.17. The molecule has 1 saturated heterocycles. The second-order valence-corrected chi connectivity index (χ2v) is 11.8. The number of aromatic hydroxyl groups is 1. The van der Waals surface area contributed by atoms with Crippen molar-refractivity contribution in [2.24, 2.45) is 11.8 Å². The Morgan fingerprint density at radius 3 is 2.20 bits per heavy atom. The number of aromatic nitrogens is 4. The van der Waals surface area contributed by atoms with Crippen LogP contribution in [0.5, 0.6) is 11.6 Å². The number of amides is 1. The topological polar surface area (TPSA) is 96.6 Å². The normalized spacial score (nSPS) is 14.4. The zero-order valence-corrected chi connectivity index (χ0v) is 24.9. The van der Waals surface area contributed by atoms with Crippen molar-refractivity contribution in [2.75, 3.05) is 39.8 Å². The van der Waals surface area contributed by atoms with Gasteiger partial charge in [0.05, 0.1) is 7.11 Å². The van der Waals surface area contributed by atoms with E-state index in [-0.39, 0.29) is 17.6 Å². The van der Waals surface area contributed by atoms with E-state index in [0.717, 1.165) is 50.2 Å².